The van der Waals surface area contributed by atoms with Gasteiger partial charge in [-0.05, 0) is 32.4 Å². The lowest BCUT2D eigenvalue weighted by molar-refractivity contribution is 0.0603. The van der Waals surface area contributed by atoms with Crippen molar-refractivity contribution < 1.29 is 9.15 Å². The first kappa shape index (κ1) is 9.74. The Morgan fingerprint density at radius 2 is 2.36 bits per heavy atom. The Balaban J connectivity index is 1.81. The second kappa shape index (κ2) is 4.15. The minimum Gasteiger partial charge on any atom is -0.468 e. The second-order valence-corrected chi connectivity index (χ2v) is 3.95. The highest BCUT2D eigenvalue weighted by Crippen LogP contribution is 2.19. The van der Waals surface area contributed by atoms with E-state index in [1.807, 2.05) is 12.1 Å². The third kappa shape index (κ3) is 2.16. The molecule has 14 heavy (non-hydrogen) atoms. The van der Waals surface area contributed by atoms with Gasteiger partial charge in [0.05, 0.1) is 25.0 Å². The molecule has 1 aliphatic rings. The van der Waals surface area contributed by atoms with E-state index >= 15 is 0 Å². The molecule has 0 amide bonds. The van der Waals surface area contributed by atoms with Gasteiger partial charge in [0.1, 0.15) is 5.76 Å². The highest BCUT2D eigenvalue weighted by atomic mass is 16.5. The summed E-state index contributed by atoms with van der Waals surface area (Å²) in [6.07, 6.45) is 3.47. The summed E-state index contributed by atoms with van der Waals surface area (Å²) in [6.45, 7) is 5.02. The van der Waals surface area contributed by atoms with Crippen LogP contribution in [0.3, 0.4) is 0 Å². The second-order valence-electron chi connectivity index (χ2n) is 3.95. The zero-order valence-electron chi connectivity index (χ0n) is 8.69. The molecule has 3 atom stereocenters. The fourth-order valence-electron chi connectivity index (χ4n) is 1.96. The molecule has 1 aliphatic heterocycles. The Hall–Kier alpha value is -0.800. The predicted molar refractivity (Wildman–Crippen MR) is 54.0 cm³/mol. The molecule has 2 heterocycles. The maximum atomic E-state index is 5.65. The van der Waals surface area contributed by atoms with E-state index in [0.717, 1.165) is 18.7 Å². The summed E-state index contributed by atoms with van der Waals surface area (Å²) in [4.78, 5) is 0. The van der Waals surface area contributed by atoms with E-state index in [-0.39, 0.29) is 0 Å². The molecule has 1 aromatic rings. The molecular formula is C11H17NO2. The summed E-state index contributed by atoms with van der Waals surface area (Å²) in [5.41, 5.74) is 0. The van der Waals surface area contributed by atoms with Crippen molar-refractivity contribution in [3.05, 3.63) is 24.2 Å². The van der Waals surface area contributed by atoms with E-state index in [0.29, 0.717) is 18.2 Å². The third-order valence-electron chi connectivity index (χ3n) is 2.72. The quantitative estimate of drug-likeness (QED) is 0.800. The third-order valence-corrected chi connectivity index (χ3v) is 2.72. The number of ether oxygens (including phenoxy) is 1. The van der Waals surface area contributed by atoms with Crippen molar-refractivity contribution >= 4 is 0 Å². The average Bonchev–Trinajstić information content (AvgIpc) is 2.72. The fraction of sp³-hybridized carbons (Fsp3) is 0.636. The van der Waals surface area contributed by atoms with Crippen molar-refractivity contribution in [2.24, 2.45) is 0 Å². The van der Waals surface area contributed by atoms with Crippen LogP contribution < -0.4 is 5.32 Å². The largest absolute Gasteiger partial charge is 0.468 e. The van der Waals surface area contributed by atoms with Crippen molar-refractivity contribution in [2.75, 3.05) is 0 Å². The van der Waals surface area contributed by atoms with Crippen LogP contribution in [0.25, 0.3) is 0 Å². The van der Waals surface area contributed by atoms with Crippen LogP contribution in [-0.2, 0) is 11.3 Å². The molecule has 1 fully saturated rings. The molecule has 0 radical (unpaired) electrons. The number of furan rings is 1. The molecule has 2 rings (SSSR count). The molecule has 0 aromatic carbocycles. The van der Waals surface area contributed by atoms with Crippen molar-refractivity contribution in [1.29, 1.82) is 0 Å². The Labute approximate surface area is 84.4 Å². The smallest absolute Gasteiger partial charge is 0.117 e. The van der Waals surface area contributed by atoms with E-state index in [1.54, 1.807) is 6.26 Å². The molecule has 3 nitrogen and oxygen atoms in total. The Kier molecular flexibility index (Phi) is 2.89. The van der Waals surface area contributed by atoms with Crippen molar-refractivity contribution in [1.82, 2.24) is 5.32 Å². The summed E-state index contributed by atoms with van der Waals surface area (Å²) in [6, 6.07) is 4.35. The van der Waals surface area contributed by atoms with E-state index in [1.165, 1.54) is 0 Å². The first-order valence-corrected chi connectivity index (χ1v) is 5.17. The van der Waals surface area contributed by atoms with E-state index in [2.05, 4.69) is 19.2 Å². The van der Waals surface area contributed by atoms with E-state index < -0.39 is 0 Å². The lowest BCUT2D eigenvalue weighted by Crippen LogP contribution is -2.34. The van der Waals surface area contributed by atoms with E-state index in [9.17, 15) is 0 Å². The van der Waals surface area contributed by atoms with Crippen molar-refractivity contribution in [2.45, 2.75) is 45.1 Å². The lowest BCUT2D eigenvalue weighted by atomic mass is 10.1. The van der Waals surface area contributed by atoms with Gasteiger partial charge in [0.15, 0.2) is 0 Å². The maximum absolute atomic E-state index is 5.65. The van der Waals surface area contributed by atoms with Gasteiger partial charge in [-0.3, -0.25) is 0 Å². The van der Waals surface area contributed by atoms with Crippen LogP contribution in [0, 0.1) is 0 Å². The first-order valence-electron chi connectivity index (χ1n) is 5.17. The van der Waals surface area contributed by atoms with Gasteiger partial charge in [0, 0.05) is 6.04 Å². The summed E-state index contributed by atoms with van der Waals surface area (Å²) in [5, 5.41) is 3.45. The van der Waals surface area contributed by atoms with Gasteiger partial charge < -0.3 is 14.5 Å². The fourth-order valence-corrected chi connectivity index (χ4v) is 1.96. The standard InChI is InChI=1S/C11H17NO2/c1-8-6-11(9(2)14-8)12-7-10-4-3-5-13-10/h3-5,8-9,11-12H,6-7H2,1-2H3. The van der Waals surface area contributed by atoms with Gasteiger partial charge in [-0.25, -0.2) is 0 Å². The van der Waals surface area contributed by atoms with Gasteiger partial charge in [-0.2, -0.15) is 0 Å². The highest BCUT2D eigenvalue weighted by Gasteiger charge is 2.28. The number of hydrogen-bond acceptors (Lipinski definition) is 3. The van der Waals surface area contributed by atoms with Gasteiger partial charge >= 0.3 is 0 Å². The summed E-state index contributed by atoms with van der Waals surface area (Å²) in [7, 11) is 0. The zero-order chi connectivity index (χ0) is 9.97. The van der Waals surface area contributed by atoms with Gasteiger partial charge in [0.25, 0.3) is 0 Å². The first-order chi connectivity index (χ1) is 6.75. The number of rotatable bonds is 3. The summed E-state index contributed by atoms with van der Waals surface area (Å²) in [5.74, 6) is 0.983. The van der Waals surface area contributed by atoms with Gasteiger partial charge in [-0.1, -0.05) is 0 Å². The molecule has 0 aliphatic carbocycles. The molecule has 3 unspecified atom stereocenters. The van der Waals surface area contributed by atoms with Crippen LogP contribution >= 0.6 is 0 Å². The van der Waals surface area contributed by atoms with E-state index in [4.69, 9.17) is 9.15 Å². The molecule has 78 valence electrons. The van der Waals surface area contributed by atoms with Crippen LogP contribution in [0.1, 0.15) is 26.0 Å². The molecule has 0 bridgehead atoms. The van der Waals surface area contributed by atoms with Crippen LogP contribution in [0.5, 0.6) is 0 Å². The molecule has 1 aromatic heterocycles. The van der Waals surface area contributed by atoms with Gasteiger partial charge in [-0.15, -0.1) is 0 Å². The lowest BCUT2D eigenvalue weighted by Gasteiger charge is -2.14. The van der Waals surface area contributed by atoms with Gasteiger partial charge in [0.2, 0.25) is 0 Å². The van der Waals surface area contributed by atoms with Crippen LogP contribution in [0.15, 0.2) is 22.8 Å². The highest BCUT2D eigenvalue weighted by molar-refractivity contribution is 4.98. The summed E-state index contributed by atoms with van der Waals surface area (Å²) < 4.78 is 10.9. The number of hydrogen-bond donors (Lipinski definition) is 1. The minimum absolute atomic E-state index is 0.306. The Bertz CT molecular complexity index is 271. The predicted octanol–water partition coefficient (Wildman–Crippen LogP) is 1.94. The van der Waals surface area contributed by atoms with Crippen molar-refractivity contribution in [3.8, 4) is 0 Å². The normalized spacial score (nSPS) is 32.3. The molecule has 1 saturated heterocycles. The molecule has 1 N–H and O–H groups in total. The topological polar surface area (TPSA) is 34.4 Å². The molecule has 3 heteroatoms. The number of nitrogens with one attached hydrogen (secondary N) is 1. The molecule has 0 saturated carbocycles. The Morgan fingerprint density at radius 1 is 1.50 bits per heavy atom. The monoisotopic (exact) mass is 195 g/mol. The molecule has 0 spiro atoms. The van der Waals surface area contributed by atoms with Crippen LogP contribution in [-0.4, -0.2) is 18.2 Å². The SMILES string of the molecule is CC1CC(NCc2ccco2)C(C)O1. The Morgan fingerprint density at radius 3 is 2.93 bits per heavy atom. The van der Waals surface area contributed by atoms with Crippen LogP contribution in [0.2, 0.25) is 0 Å². The van der Waals surface area contributed by atoms with Crippen molar-refractivity contribution in [3.63, 3.8) is 0 Å². The summed E-state index contributed by atoms with van der Waals surface area (Å²) >= 11 is 0. The molecular weight excluding hydrogens is 178 g/mol. The zero-order valence-corrected chi connectivity index (χ0v) is 8.69. The maximum Gasteiger partial charge on any atom is 0.117 e. The average molecular weight is 195 g/mol. The van der Waals surface area contributed by atoms with Crippen LogP contribution in [0.4, 0.5) is 0 Å². The minimum atomic E-state index is 0.306.